The van der Waals surface area contributed by atoms with Crippen LogP contribution in [0.4, 0.5) is 5.82 Å². The molecule has 2 saturated heterocycles. The smallest absolute Gasteiger partial charge is 0.228 e. The van der Waals surface area contributed by atoms with E-state index in [2.05, 4.69) is 25.2 Å². The Morgan fingerprint density at radius 1 is 1.12 bits per heavy atom. The lowest BCUT2D eigenvalue weighted by atomic mass is 10.1. The lowest BCUT2D eigenvalue weighted by molar-refractivity contribution is -0.135. The Morgan fingerprint density at radius 2 is 1.92 bits per heavy atom. The first-order chi connectivity index (χ1) is 11.8. The molecule has 0 radical (unpaired) electrons. The Hall–Kier alpha value is -2.55. The van der Waals surface area contributed by atoms with Gasteiger partial charge in [0, 0.05) is 32.8 Å². The largest absolute Gasteiger partial charge is 0.381 e. The molecule has 1 unspecified atom stereocenters. The molecule has 126 valence electrons. The van der Waals surface area contributed by atoms with Crippen molar-refractivity contribution >= 4 is 11.7 Å². The first-order valence-electron chi connectivity index (χ1n) is 8.11. The van der Waals surface area contributed by atoms with Gasteiger partial charge in [-0.3, -0.25) is 4.79 Å². The second-order valence-corrected chi connectivity index (χ2v) is 5.96. The maximum Gasteiger partial charge on any atom is 0.228 e. The fourth-order valence-electron chi connectivity index (χ4n) is 3.08. The second kappa shape index (κ2) is 6.52. The van der Waals surface area contributed by atoms with Crippen LogP contribution in [0.3, 0.4) is 0 Å². The molecule has 2 aliphatic rings. The van der Waals surface area contributed by atoms with Gasteiger partial charge in [0.15, 0.2) is 11.6 Å². The van der Waals surface area contributed by atoms with Crippen LogP contribution in [0.15, 0.2) is 24.8 Å². The number of piperazine rings is 1. The van der Waals surface area contributed by atoms with E-state index in [9.17, 15) is 4.79 Å². The summed E-state index contributed by atoms with van der Waals surface area (Å²) in [4.78, 5) is 20.4. The maximum absolute atomic E-state index is 12.4. The number of carbonyl (C=O) groups is 1. The zero-order valence-electron chi connectivity index (χ0n) is 13.3. The molecule has 2 aliphatic heterocycles. The summed E-state index contributed by atoms with van der Waals surface area (Å²) in [5.74, 6) is 1.71. The van der Waals surface area contributed by atoms with E-state index in [4.69, 9.17) is 4.74 Å². The molecule has 0 N–H and O–H groups in total. The SMILES string of the molecule is O=C(C1CCOC1)N1CCN(c2ccc(-n3cncn3)nn2)CC1. The number of hydrogen-bond donors (Lipinski definition) is 0. The minimum atomic E-state index is 0.0401. The third-order valence-corrected chi connectivity index (χ3v) is 4.48. The summed E-state index contributed by atoms with van der Waals surface area (Å²) in [5.41, 5.74) is 0. The van der Waals surface area contributed by atoms with Crippen LogP contribution in [0.25, 0.3) is 5.82 Å². The van der Waals surface area contributed by atoms with Crippen molar-refractivity contribution in [2.75, 3.05) is 44.3 Å². The molecule has 9 nitrogen and oxygen atoms in total. The standard InChI is InChI=1S/C15H19N7O2/c23-15(12-3-8-24-9-12)21-6-4-20(5-7-21)13-1-2-14(19-18-13)22-11-16-10-17-22/h1-2,10-12H,3-9H2. The highest BCUT2D eigenvalue weighted by Crippen LogP contribution is 2.19. The lowest BCUT2D eigenvalue weighted by Gasteiger charge is -2.36. The van der Waals surface area contributed by atoms with Crippen LogP contribution in [-0.4, -0.2) is 75.2 Å². The molecule has 2 aromatic rings. The molecule has 1 atom stereocenters. The van der Waals surface area contributed by atoms with Crippen molar-refractivity contribution in [3.05, 3.63) is 24.8 Å². The topological polar surface area (TPSA) is 89.3 Å². The van der Waals surface area contributed by atoms with Crippen LogP contribution in [-0.2, 0) is 9.53 Å². The van der Waals surface area contributed by atoms with Gasteiger partial charge in [-0.05, 0) is 18.6 Å². The van der Waals surface area contributed by atoms with Crippen LogP contribution in [0.5, 0.6) is 0 Å². The van der Waals surface area contributed by atoms with Crippen molar-refractivity contribution < 1.29 is 9.53 Å². The van der Waals surface area contributed by atoms with E-state index in [0.29, 0.717) is 32.1 Å². The Morgan fingerprint density at radius 3 is 2.54 bits per heavy atom. The summed E-state index contributed by atoms with van der Waals surface area (Å²) in [7, 11) is 0. The molecule has 0 aromatic carbocycles. The summed E-state index contributed by atoms with van der Waals surface area (Å²) in [5, 5.41) is 12.5. The van der Waals surface area contributed by atoms with Crippen LogP contribution >= 0.6 is 0 Å². The number of hydrogen-bond acceptors (Lipinski definition) is 7. The molecule has 0 aliphatic carbocycles. The number of rotatable bonds is 3. The highest BCUT2D eigenvalue weighted by atomic mass is 16.5. The second-order valence-electron chi connectivity index (χ2n) is 5.96. The number of ether oxygens (including phenoxy) is 1. The highest BCUT2D eigenvalue weighted by molar-refractivity contribution is 5.79. The van der Waals surface area contributed by atoms with Crippen LogP contribution in [0.1, 0.15) is 6.42 Å². The fourth-order valence-corrected chi connectivity index (χ4v) is 3.08. The minimum absolute atomic E-state index is 0.0401. The van der Waals surface area contributed by atoms with Crippen LogP contribution in [0.2, 0.25) is 0 Å². The van der Waals surface area contributed by atoms with Crippen molar-refractivity contribution in [1.82, 2.24) is 29.9 Å². The molecule has 9 heteroatoms. The monoisotopic (exact) mass is 329 g/mol. The van der Waals surface area contributed by atoms with Gasteiger partial charge in [-0.1, -0.05) is 0 Å². The van der Waals surface area contributed by atoms with Crippen LogP contribution in [0, 0.1) is 5.92 Å². The van der Waals surface area contributed by atoms with Gasteiger partial charge in [-0.15, -0.1) is 10.2 Å². The van der Waals surface area contributed by atoms with E-state index in [1.165, 1.54) is 6.33 Å². The molecule has 4 heterocycles. The van der Waals surface area contributed by atoms with Crippen molar-refractivity contribution in [2.24, 2.45) is 5.92 Å². The number of nitrogens with zero attached hydrogens (tertiary/aromatic N) is 7. The molecule has 1 amide bonds. The van der Waals surface area contributed by atoms with Gasteiger partial charge in [-0.25, -0.2) is 9.67 Å². The Kier molecular flexibility index (Phi) is 4.08. The first kappa shape index (κ1) is 15.0. The summed E-state index contributed by atoms with van der Waals surface area (Å²) >= 11 is 0. The molecule has 24 heavy (non-hydrogen) atoms. The number of amides is 1. The molecule has 0 bridgehead atoms. The molecular weight excluding hydrogens is 310 g/mol. The third-order valence-electron chi connectivity index (χ3n) is 4.48. The Balaban J connectivity index is 1.36. The summed E-state index contributed by atoms with van der Waals surface area (Å²) in [6.07, 6.45) is 3.89. The fraction of sp³-hybridized carbons (Fsp3) is 0.533. The number of anilines is 1. The van der Waals surface area contributed by atoms with E-state index in [1.807, 2.05) is 17.0 Å². The normalized spacial score (nSPS) is 21.2. The van der Waals surface area contributed by atoms with Crippen molar-refractivity contribution in [1.29, 1.82) is 0 Å². The number of carbonyl (C=O) groups excluding carboxylic acids is 1. The van der Waals surface area contributed by atoms with Gasteiger partial charge in [0.25, 0.3) is 0 Å². The van der Waals surface area contributed by atoms with Gasteiger partial charge in [0.2, 0.25) is 5.91 Å². The van der Waals surface area contributed by atoms with Crippen molar-refractivity contribution in [3.8, 4) is 5.82 Å². The average molecular weight is 329 g/mol. The van der Waals surface area contributed by atoms with Gasteiger partial charge >= 0.3 is 0 Å². The van der Waals surface area contributed by atoms with Crippen LogP contribution < -0.4 is 4.90 Å². The molecule has 2 fully saturated rings. The summed E-state index contributed by atoms with van der Waals surface area (Å²) in [6, 6.07) is 3.79. The lowest BCUT2D eigenvalue weighted by Crippen LogP contribution is -2.50. The average Bonchev–Trinajstić information content (AvgIpc) is 3.35. The summed E-state index contributed by atoms with van der Waals surface area (Å²) in [6.45, 7) is 4.20. The zero-order valence-corrected chi connectivity index (χ0v) is 13.3. The molecular formula is C15H19N7O2. The molecule has 2 aromatic heterocycles. The first-order valence-corrected chi connectivity index (χ1v) is 8.11. The predicted octanol–water partition coefficient (Wildman–Crippen LogP) is -0.258. The van der Waals surface area contributed by atoms with Gasteiger partial charge < -0.3 is 14.5 Å². The van der Waals surface area contributed by atoms with Crippen molar-refractivity contribution in [3.63, 3.8) is 0 Å². The van der Waals surface area contributed by atoms with E-state index in [0.717, 1.165) is 25.3 Å². The van der Waals surface area contributed by atoms with Gasteiger partial charge in [-0.2, -0.15) is 5.10 Å². The van der Waals surface area contributed by atoms with Gasteiger partial charge in [0.05, 0.1) is 12.5 Å². The number of aromatic nitrogens is 5. The predicted molar refractivity (Wildman–Crippen MR) is 84.7 cm³/mol. The molecule has 0 spiro atoms. The van der Waals surface area contributed by atoms with Crippen molar-refractivity contribution in [2.45, 2.75) is 6.42 Å². The quantitative estimate of drug-likeness (QED) is 0.766. The Bertz CT molecular complexity index is 674. The third kappa shape index (κ3) is 2.94. The molecule has 4 rings (SSSR count). The van der Waals surface area contributed by atoms with E-state index in [1.54, 1.807) is 11.0 Å². The highest BCUT2D eigenvalue weighted by Gasteiger charge is 2.30. The maximum atomic E-state index is 12.4. The summed E-state index contributed by atoms with van der Waals surface area (Å²) < 4.78 is 6.88. The van der Waals surface area contributed by atoms with Gasteiger partial charge in [0.1, 0.15) is 12.7 Å². The zero-order chi connectivity index (χ0) is 16.4. The van der Waals surface area contributed by atoms with E-state index >= 15 is 0 Å². The molecule has 0 saturated carbocycles. The Labute approximate surface area is 139 Å². The minimum Gasteiger partial charge on any atom is -0.381 e. The van der Waals surface area contributed by atoms with E-state index < -0.39 is 0 Å². The van der Waals surface area contributed by atoms with E-state index in [-0.39, 0.29) is 11.8 Å².